The summed E-state index contributed by atoms with van der Waals surface area (Å²) in [5.41, 5.74) is 5.91. The van der Waals surface area contributed by atoms with Crippen molar-refractivity contribution >= 4 is 42.3 Å². The number of carboxylic acid groups (broad SMARTS) is 2. The molecule has 178 valence electrons. The Morgan fingerprint density at radius 3 is 1.87 bits per heavy atom. The Bertz CT molecular complexity index is 659. The molecule has 0 aromatic heterocycles. The Kier molecular flexibility index (Phi) is 12.8. The molecule has 7 N–H and O–H groups in total. The third-order valence-electron chi connectivity index (χ3n) is 4.88. The number of hydrogen-bond acceptors (Lipinski definition) is 7. The van der Waals surface area contributed by atoms with Crippen LogP contribution in [0.5, 0.6) is 0 Å². The molecule has 0 saturated heterocycles. The van der Waals surface area contributed by atoms with E-state index in [0.717, 1.165) is 0 Å². The summed E-state index contributed by atoms with van der Waals surface area (Å²) in [5, 5.41) is 25.1. The highest BCUT2D eigenvalue weighted by atomic mass is 32.1. The first kappa shape index (κ1) is 28.7. The molecule has 0 fully saturated rings. The van der Waals surface area contributed by atoms with E-state index in [9.17, 15) is 29.1 Å². The molecule has 0 aromatic rings. The molecule has 0 aliphatic heterocycles. The van der Waals surface area contributed by atoms with E-state index in [2.05, 4.69) is 28.6 Å². The highest BCUT2D eigenvalue weighted by Crippen LogP contribution is 2.08. The van der Waals surface area contributed by atoms with Crippen molar-refractivity contribution in [3.8, 4) is 0 Å². The second-order valence-corrected chi connectivity index (χ2v) is 8.08. The maximum Gasteiger partial charge on any atom is 0.326 e. The molecule has 12 heteroatoms. The summed E-state index contributed by atoms with van der Waals surface area (Å²) in [6.07, 6.45) is -0.0868. The van der Waals surface area contributed by atoms with Crippen LogP contribution < -0.4 is 21.7 Å². The Balaban J connectivity index is 5.20. The van der Waals surface area contributed by atoms with Gasteiger partial charge in [-0.25, -0.2) is 4.79 Å². The normalized spacial score (nSPS) is 15.8. The minimum atomic E-state index is -1.43. The van der Waals surface area contributed by atoms with Gasteiger partial charge in [-0.15, -0.1) is 0 Å². The van der Waals surface area contributed by atoms with Gasteiger partial charge in [0.05, 0.1) is 6.04 Å². The largest absolute Gasteiger partial charge is 0.481 e. The van der Waals surface area contributed by atoms with Crippen LogP contribution in [-0.4, -0.2) is 69.8 Å². The summed E-state index contributed by atoms with van der Waals surface area (Å²) in [5.74, 6) is -5.12. The zero-order chi connectivity index (χ0) is 24.3. The fourth-order valence-electron chi connectivity index (χ4n) is 2.55. The van der Waals surface area contributed by atoms with Crippen LogP contribution in [0.25, 0.3) is 0 Å². The zero-order valence-electron chi connectivity index (χ0n) is 18.3. The van der Waals surface area contributed by atoms with Crippen molar-refractivity contribution in [1.29, 1.82) is 0 Å². The first-order chi connectivity index (χ1) is 14.3. The van der Waals surface area contributed by atoms with Gasteiger partial charge < -0.3 is 31.9 Å². The lowest BCUT2D eigenvalue weighted by Gasteiger charge is -2.27. The molecule has 0 saturated carbocycles. The number of carbonyl (C=O) groups excluding carboxylic acids is 3. The van der Waals surface area contributed by atoms with E-state index < -0.39 is 60.2 Å². The van der Waals surface area contributed by atoms with Gasteiger partial charge in [0, 0.05) is 12.2 Å². The van der Waals surface area contributed by atoms with E-state index in [1.165, 1.54) is 0 Å². The van der Waals surface area contributed by atoms with E-state index in [0.29, 0.717) is 6.42 Å². The second-order valence-electron chi connectivity index (χ2n) is 7.72. The number of amides is 3. The summed E-state index contributed by atoms with van der Waals surface area (Å²) < 4.78 is 0. The van der Waals surface area contributed by atoms with Crippen LogP contribution in [0, 0.1) is 11.8 Å². The highest BCUT2D eigenvalue weighted by molar-refractivity contribution is 7.80. The summed E-state index contributed by atoms with van der Waals surface area (Å²) in [6, 6.07) is -4.39. The summed E-state index contributed by atoms with van der Waals surface area (Å²) in [4.78, 5) is 59.5. The van der Waals surface area contributed by atoms with E-state index in [-0.39, 0.29) is 24.0 Å². The lowest BCUT2D eigenvalue weighted by molar-refractivity contribution is -0.143. The Hall–Kier alpha value is -2.34. The fraction of sp³-hybridized carbons (Fsp3) is 0.737. The molecule has 0 spiro atoms. The van der Waals surface area contributed by atoms with Gasteiger partial charge >= 0.3 is 11.9 Å². The zero-order valence-corrected chi connectivity index (χ0v) is 19.1. The molecular formula is C19H34N4O7S. The topological polar surface area (TPSA) is 188 Å². The molecular weight excluding hydrogens is 428 g/mol. The number of nitrogens with one attached hydrogen (secondary N) is 3. The van der Waals surface area contributed by atoms with Gasteiger partial charge in [0.15, 0.2) is 0 Å². The molecule has 3 amide bonds. The van der Waals surface area contributed by atoms with Crippen LogP contribution in [-0.2, 0) is 24.0 Å². The number of carbonyl (C=O) groups is 5. The Morgan fingerprint density at radius 1 is 0.903 bits per heavy atom. The predicted molar refractivity (Wildman–Crippen MR) is 116 cm³/mol. The van der Waals surface area contributed by atoms with Crippen LogP contribution in [0.4, 0.5) is 0 Å². The number of aliphatic carboxylic acids is 2. The SMILES string of the molecule is CC[C@H](C)[C@H](N)C(=O)N[C@H](C(=O)N[C@@H](CS)C(=O)N[C@@H](CCC(=O)O)C(=O)O)C(C)C. The first-order valence-corrected chi connectivity index (χ1v) is 10.7. The third kappa shape index (κ3) is 10.0. The van der Waals surface area contributed by atoms with Gasteiger partial charge in [-0.05, 0) is 18.3 Å². The molecule has 0 radical (unpaired) electrons. The molecule has 0 heterocycles. The van der Waals surface area contributed by atoms with Gasteiger partial charge in [0.1, 0.15) is 18.1 Å². The van der Waals surface area contributed by atoms with Crippen molar-refractivity contribution in [3.05, 3.63) is 0 Å². The molecule has 0 rings (SSSR count). The average Bonchev–Trinajstić information content (AvgIpc) is 2.70. The number of rotatable bonds is 14. The smallest absolute Gasteiger partial charge is 0.326 e. The van der Waals surface area contributed by atoms with Crippen molar-refractivity contribution in [1.82, 2.24) is 16.0 Å². The molecule has 5 atom stereocenters. The summed E-state index contributed by atoms with van der Waals surface area (Å²) >= 11 is 4.03. The third-order valence-corrected chi connectivity index (χ3v) is 5.25. The van der Waals surface area contributed by atoms with E-state index in [1.54, 1.807) is 13.8 Å². The molecule has 0 aliphatic carbocycles. The molecule has 0 bridgehead atoms. The van der Waals surface area contributed by atoms with Crippen molar-refractivity contribution in [3.63, 3.8) is 0 Å². The van der Waals surface area contributed by atoms with E-state index in [4.69, 9.17) is 10.8 Å². The molecule has 31 heavy (non-hydrogen) atoms. The predicted octanol–water partition coefficient (Wildman–Crippen LogP) is -0.651. The minimum Gasteiger partial charge on any atom is -0.481 e. The van der Waals surface area contributed by atoms with Crippen LogP contribution in [0.15, 0.2) is 0 Å². The quantitative estimate of drug-likeness (QED) is 0.166. The average molecular weight is 463 g/mol. The fourth-order valence-corrected chi connectivity index (χ4v) is 2.81. The van der Waals surface area contributed by atoms with Crippen molar-refractivity contribution in [2.75, 3.05) is 5.75 Å². The van der Waals surface area contributed by atoms with Crippen LogP contribution in [0.1, 0.15) is 47.0 Å². The lowest BCUT2D eigenvalue weighted by Crippen LogP contribution is -2.59. The molecule has 11 nitrogen and oxygen atoms in total. The van der Waals surface area contributed by atoms with Gasteiger partial charge in [-0.3, -0.25) is 19.2 Å². The van der Waals surface area contributed by atoms with Gasteiger partial charge in [-0.1, -0.05) is 34.1 Å². The Morgan fingerprint density at radius 2 is 1.45 bits per heavy atom. The first-order valence-electron chi connectivity index (χ1n) is 10.1. The number of thiol groups is 1. The maximum atomic E-state index is 12.7. The van der Waals surface area contributed by atoms with E-state index in [1.807, 2.05) is 13.8 Å². The lowest BCUT2D eigenvalue weighted by atomic mass is 9.97. The van der Waals surface area contributed by atoms with E-state index >= 15 is 0 Å². The van der Waals surface area contributed by atoms with Crippen molar-refractivity contribution in [2.24, 2.45) is 17.6 Å². The van der Waals surface area contributed by atoms with Crippen molar-refractivity contribution in [2.45, 2.75) is 71.1 Å². The molecule has 0 aromatic carbocycles. The van der Waals surface area contributed by atoms with Crippen LogP contribution in [0.3, 0.4) is 0 Å². The van der Waals surface area contributed by atoms with Crippen LogP contribution in [0.2, 0.25) is 0 Å². The monoisotopic (exact) mass is 462 g/mol. The van der Waals surface area contributed by atoms with Gasteiger partial charge in [-0.2, -0.15) is 12.6 Å². The van der Waals surface area contributed by atoms with Gasteiger partial charge in [0.2, 0.25) is 17.7 Å². The molecule has 0 aliphatic rings. The summed E-state index contributed by atoms with van der Waals surface area (Å²) in [6.45, 7) is 7.13. The molecule has 0 unspecified atom stereocenters. The van der Waals surface area contributed by atoms with Crippen molar-refractivity contribution < 1.29 is 34.2 Å². The maximum absolute atomic E-state index is 12.7. The second kappa shape index (κ2) is 13.9. The number of hydrogen-bond donors (Lipinski definition) is 7. The van der Waals surface area contributed by atoms with Gasteiger partial charge in [0.25, 0.3) is 0 Å². The minimum absolute atomic E-state index is 0.0920. The number of carboxylic acids is 2. The number of nitrogens with two attached hydrogens (primary N) is 1. The summed E-state index contributed by atoms with van der Waals surface area (Å²) in [7, 11) is 0. The standard InChI is InChI=1S/C19H34N4O7S/c1-5-10(4)14(20)17(27)23-15(9(2)3)18(28)22-12(8-31)16(26)21-11(19(29)30)6-7-13(24)25/h9-12,14-15,31H,5-8,20H2,1-4H3,(H,21,26)(H,22,28)(H,23,27)(H,24,25)(H,29,30)/t10-,11-,12-,14-,15-/m0/s1. The highest BCUT2D eigenvalue weighted by Gasteiger charge is 2.32. The Labute approximate surface area is 187 Å². The van der Waals surface area contributed by atoms with Crippen LogP contribution >= 0.6 is 12.6 Å².